The molecule has 0 radical (unpaired) electrons. The predicted molar refractivity (Wildman–Crippen MR) is 90.5 cm³/mol. The molecule has 2 N–H and O–H groups in total. The Kier molecular flexibility index (Phi) is 5.40. The molecule has 1 amide bonds. The van der Waals surface area contributed by atoms with Crippen LogP contribution in [0.25, 0.3) is 0 Å². The van der Waals surface area contributed by atoms with Crippen LogP contribution in [0.3, 0.4) is 0 Å². The molecule has 0 aliphatic rings. The summed E-state index contributed by atoms with van der Waals surface area (Å²) in [6.45, 7) is 2.41. The van der Waals surface area contributed by atoms with Crippen molar-refractivity contribution in [1.29, 1.82) is 0 Å². The topological polar surface area (TPSA) is 41.1 Å². The van der Waals surface area contributed by atoms with Crippen molar-refractivity contribution in [1.82, 2.24) is 5.32 Å². The number of hydrogen-bond donors (Lipinski definition) is 2. The first-order chi connectivity index (χ1) is 9.65. The standard InChI is InChI=1S/C16H17IN2O/c1-12(19-15-9-7-14(17)8-10-15)16(20)18-11-13-5-3-2-4-6-13/h2-10,12,19H,11H2,1H3,(H,18,20)/t12-/m0/s1. The van der Waals surface area contributed by atoms with E-state index < -0.39 is 0 Å². The quantitative estimate of drug-likeness (QED) is 0.781. The molecule has 0 spiro atoms. The van der Waals surface area contributed by atoms with Crippen LogP contribution < -0.4 is 10.6 Å². The van der Waals surface area contributed by atoms with Gasteiger partial charge in [-0.2, -0.15) is 0 Å². The molecule has 0 aliphatic heterocycles. The summed E-state index contributed by atoms with van der Waals surface area (Å²) in [4.78, 5) is 12.0. The van der Waals surface area contributed by atoms with Gasteiger partial charge in [0.2, 0.25) is 5.91 Å². The van der Waals surface area contributed by atoms with E-state index in [0.29, 0.717) is 6.54 Å². The molecule has 0 saturated heterocycles. The lowest BCUT2D eigenvalue weighted by atomic mass is 10.2. The van der Waals surface area contributed by atoms with Crippen molar-refractivity contribution in [2.45, 2.75) is 19.5 Å². The van der Waals surface area contributed by atoms with E-state index in [1.807, 2.05) is 61.5 Å². The number of benzene rings is 2. The van der Waals surface area contributed by atoms with E-state index in [0.717, 1.165) is 11.3 Å². The number of amides is 1. The second-order valence-corrected chi connectivity index (χ2v) is 5.82. The third kappa shape index (κ3) is 4.52. The van der Waals surface area contributed by atoms with E-state index in [-0.39, 0.29) is 11.9 Å². The fraction of sp³-hybridized carbons (Fsp3) is 0.188. The molecule has 104 valence electrons. The zero-order valence-corrected chi connectivity index (χ0v) is 13.4. The number of nitrogens with one attached hydrogen (secondary N) is 2. The predicted octanol–water partition coefficient (Wildman–Crippen LogP) is 3.41. The minimum atomic E-state index is -0.265. The van der Waals surface area contributed by atoms with Gasteiger partial charge in [0.25, 0.3) is 0 Å². The van der Waals surface area contributed by atoms with E-state index >= 15 is 0 Å². The second kappa shape index (κ2) is 7.28. The summed E-state index contributed by atoms with van der Waals surface area (Å²) in [7, 11) is 0. The van der Waals surface area contributed by atoms with Gasteiger partial charge < -0.3 is 10.6 Å². The molecule has 0 unspecified atom stereocenters. The minimum absolute atomic E-state index is 0.00703. The summed E-state index contributed by atoms with van der Waals surface area (Å²) in [6.07, 6.45) is 0. The summed E-state index contributed by atoms with van der Waals surface area (Å²) in [5.74, 6) is -0.00703. The van der Waals surface area contributed by atoms with E-state index in [4.69, 9.17) is 0 Å². The van der Waals surface area contributed by atoms with Crippen LogP contribution in [0, 0.1) is 3.57 Å². The Morgan fingerprint density at radius 3 is 2.40 bits per heavy atom. The van der Waals surface area contributed by atoms with Gasteiger partial charge in [-0.3, -0.25) is 4.79 Å². The summed E-state index contributed by atoms with van der Waals surface area (Å²) < 4.78 is 1.18. The fourth-order valence-corrected chi connectivity index (χ4v) is 2.16. The third-order valence-electron chi connectivity index (χ3n) is 2.93. The molecule has 20 heavy (non-hydrogen) atoms. The van der Waals surface area contributed by atoms with E-state index in [9.17, 15) is 4.79 Å². The smallest absolute Gasteiger partial charge is 0.242 e. The van der Waals surface area contributed by atoms with Crippen molar-refractivity contribution in [2.24, 2.45) is 0 Å². The number of carbonyl (C=O) groups excluding carboxylic acids is 1. The van der Waals surface area contributed by atoms with Crippen molar-refractivity contribution in [3.8, 4) is 0 Å². The third-order valence-corrected chi connectivity index (χ3v) is 3.65. The Morgan fingerprint density at radius 1 is 1.10 bits per heavy atom. The van der Waals surface area contributed by atoms with E-state index in [1.165, 1.54) is 3.57 Å². The molecule has 3 nitrogen and oxygen atoms in total. The lowest BCUT2D eigenvalue weighted by molar-refractivity contribution is -0.121. The Morgan fingerprint density at radius 2 is 1.75 bits per heavy atom. The summed E-state index contributed by atoms with van der Waals surface area (Å²) in [6, 6.07) is 17.6. The molecule has 0 fully saturated rings. The van der Waals surface area contributed by atoms with Crippen molar-refractivity contribution >= 4 is 34.2 Å². The van der Waals surface area contributed by atoms with Crippen LogP contribution in [-0.2, 0) is 11.3 Å². The average Bonchev–Trinajstić information content (AvgIpc) is 2.48. The van der Waals surface area contributed by atoms with E-state index in [1.54, 1.807) is 0 Å². The maximum atomic E-state index is 12.0. The van der Waals surface area contributed by atoms with Crippen molar-refractivity contribution in [3.63, 3.8) is 0 Å². The lowest BCUT2D eigenvalue weighted by Crippen LogP contribution is -2.37. The van der Waals surface area contributed by atoms with Crippen LogP contribution in [-0.4, -0.2) is 11.9 Å². The van der Waals surface area contributed by atoms with Crippen LogP contribution >= 0.6 is 22.6 Å². The first-order valence-corrected chi connectivity index (χ1v) is 7.57. The first kappa shape index (κ1) is 14.8. The van der Waals surface area contributed by atoms with Crippen LogP contribution in [0.1, 0.15) is 12.5 Å². The molecule has 0 saturated carbocycles. The molecule has 2 aromatic rings. The highest BCUT2D eigenvalue weighted by atomic mass is 127. The molecule has 0 bridgehead atoms. The Bertz CT molecular complexity index is 554. The normalized spacial score (nSPS) is 11.7. The van der Waals surface area contributed by atoms with Crippen molar-refractivity contribution in [3.05, 3.63) is 63.7 Å². The van der Waals surface area contributed by atoms with Gasteiger partial charge in [0.15, 0.2) is 0 Å². The molecule has 2 aromatic carbocycles. The number of hydrogen-bond acceptors (Lipinski definition) is 2. The van der Waals surface area contributed by atoms with Gasteiger partial charge in [0.05, 0.1) is 0 Å². The zero-order valence-electron chi connectivity index (χ0n) is 11.3. The molecule has 1 atom stereocenters. The second-order valence-electron chi connectivity index (χ2n) is 4.58. The maximum Gasteiger partial charge on any atom is 0.242 e. The highest BCUT2D eigenvalue weighted by Gasteiger charge is 2.11. The first-order valence-electron chi connectivity index (χ1n) is 6.49. The van der Waals surface area contributed by atoms with Gasteiger partial charge in [0.1, 0.15) is 6.04 Å². The number of carbonyl (C=O) groups is 1. The van der Waals surface area contributed by atoms with Gasteiger partial charge in [0, 0.05) is 15.8 Å². The van der Waals surface area contributed by atoms with Crippen LogP contribution in [0.15, 0.2) is 54.6 Å². The van der Waals surface area contributed by atoms with Crippen molar-refractivity contribution < 1.29 is 4.79 Å². The molecule has 4 heteroatoms. The SMILES string of the molecule is C[C@H](Nc1ccc(I)cc1)C(=O)NCc1ccccc1. The van der Waals surface area contributed by atoms with Crippen molar-refractivity contribution in [2.75, 3.05) is 5.32 Å². The van der Waals surface area contributed by atoms with Gasteiger partial charge in [-0.05, 0) is 59.3 Å². The minimum Gasteiger partial charge on any atom is -0.374 e. The lowest BCUT2D eigenvalue weighted by Gasteiger charge is -2.15. The molecular weight excluding hydrogens is 363 g/mol. The molecule has 2 rings (SSSR count). The number of anilines is 1. The Balaban J connectivity index is 1.84. The molecule has 0 aliphatic carbocycles. The number of halogens is 1. The summed E-state index contributed by atoms with van der Waals surface area (Å²) in [5.41, 5.74) is 2.05. The van der Waals surface area contributed by atoms with Crippen LogP contribution in [0.2, 0.25) is 0 Å². The van der Waals surface area contributed by atoms with Crippen LogP contribution in [0.4, 0.5) is 5.69 Å². The highest BCUT2D eigenvalue weighted by molar-refractivity contribution is 14.1. The van der Waals surface area contributed by atoms with E-state index in [2.05, 4.69) is 33.2 Å². The monoisotopic (exact) mass is 380 g/mol. The fourth-order valence-electron chi connectivity index (χ4n) is 1.80. The molecule has 0 aromatic heterocycles. The zero-order chi connectivity index (χ0) is 14.4. The highest BCUT2D eigenvalue weighted by Crippen LogP contribution is 2.12. The van der Waals surface area contributed by atoms with Gasteiger partial charge in [-0.1, -0.05) is 30.3 Å². The average molecular weight is 380 g/mol. The Hall–Kier alpha value is -1.56. The van der Waals surface area contributed by atoms with Gasteiger partial charge in [-0.15, -0.1) is 0 Å². The Labute approximate surface area is 132 Å². The van der Waals surface area contributed by atoms with Gasteiger partial charge >= 0.3 is 0 Å². The maximum absolute atomic E-state index is 12.0. The van der Waals surface area contributed by atoms with Gasteiger partial charge in [-0.25, -0.2) is 0 Å². The summed E-state index contributed by atoms with van der Waals surface area (Å²) >= 11 is 2.26. The number of rotatable bonds is 5. The molecule has 0 heterocycles. The molecular formula is C16H17IN2O. The largest absolute Gasteiger partial charge is 0.374 e. The van der Waals surface area contributed by atoms with Crippen LogP contribution in [0.5, 0.6) is 0 Å². The summed E-state index contributed by atoms with van der Waals surface area (Å²) in [5, 5.41) is 6.12.